The summed E-state index contributed by atoms with van der Waals surface area (Å²) in [5.74, 6) is 0.220. The fraction of sp³-hybridized carbons (Fsp3) is 0.810. The van der Waals surface area contributed by atoms with Gasteiger partial charge in [-0.2, -0.15) is 5.54 Å². The van der Waals surface area contributed by atoms with E-state index in [1.165, 1.54) is 37.1 Å². The van der Waals surface area contributed by atoms with Crippen molar-refractivity contribution in [3.05, 3.63) is 23.6 Å². The highest BCUT2D eigenvalue weighted by Crippen LogP contribution is 2.35. The van der Waals surface area contributed by atoms with E-state index in [2.05, 4.69) is 0 Å². The van der Waals surface area contributed by atoms with E-state index in [1.54, 1.807) is 0 Å². The van der Waals surface area contributed by atoms with Crippen LogP contribution in [0.4, 0.5) is 17.9 Å². The fourth-order valence-electron chi connectivity index (χ4n) is 4.90. The molecule has 16 heteroatoms. The van der Waals surface area contributed by atoms with Gasteiger partial charge in [0.15, 0.2) is 6.29 Å². The zero-order valence-corrected chi connectivity index (χ0v) is 20.6. The number of rotatable bonds is 10. The minimum Gasteiger partial charge on any atom is -0.462 e. The van der Waals surface area contributed by atoms with Crippen molar-refractivity contribution in [2.45, 2.75) is 81.0 Å². The Bertz CT molecular complexity index is 826. The summed E-state index contributed by atoms with van der Waals surface area (Å²) in [5, 5.41) is 32.7. The average Bonchev–Trinajstić information content (AvgIpc) is 2.86. The lowest BCUT2D eigenvalue weighted by Gasteiger charge is -2.49. The topological polar surface area (TPSA) is 154 Å². The molecule has 2 aliphatic heterocycles. The third kappa shape index (κ3) is 6.35. The van der Waals surface area contributed by atoms with Gasteiger partial charge in [0.25, 0.3) is 0 Å². The Kier molecular flexibility index (Phi) is 10.1. The number of allylic oxidation sites excluding steroid dienone is 2. The standard InChI is InChI=1S/C21H35F4N5O7/c1-4-30(25)13-7-12(28-23)16(36-19-11(27-22)6-5-10(8-26)35-19)14(31)17(13)37-20-15(32)18(29(3)24)21(2,33)9-34-20/h5-6,12-20,27-28,31-33H,4,7-9,26H2,1-3H3. The monoisotopic (exact) mass is 545 g/mol. The molecular weight excluding hydrogens is 510 g/mol. The molecule has 2 heterocycles. The molecule has 0 aromatic rings. The molecule has 0 spiro atoms. The number of aliphatic hydroxyl groups is 3. The van der Waals surface area contributed by atoms with Crippen molar-refractivity contribution >= 4 is 0 Å². The maximum atomic E-state index is 14.9. The summed E-state index contributed by atoms with van der Waals surface area (Å²) < 4.78 is 78.5. The second-order valence-electron chi connectivity index (χ2n) is 9.43. The Morgan fingerprint density at radius 2 is 1.89 bits per heavy atom. The Hall–Kier alpha value is -1.60. The Balaban J connectivity index is 1.86. The Morgan fingerprint density at radius 1 is 1.19 bits per heavy atom. The highest BCUT2D eigenvalue weighted by molar-refractivity contribution is 5.20. The molecule has 7 N–H and O–H groups in total. The van der Waals surface area contributed by atoms with Crippen molar-refractivity contribution in [3.8, 4) is 0 Å². The Morgan fingerprint density at radius 3 is 2.46 bits per heavy atom. The van der Waals surface area contributed by atoms with Crippen LogP contribution in [0.25, 0.3) is 0 Å². The molecule has 12 nitrogen and oxygen atoms in total. The molecule has 10 unspecified atom stereocenters. The van der Waals surface area contributed by atoms with Crippen LogP contribution in [0.1, 0.15) is 20.3 Å². The lowest BCUT2D eigenvalue weighted by atomic mass is 9.83. The number of aliphatic hydroxyl groups excluding tert-OH is 2. The van der Waals surface area contributed by atoms with Crippen LogP contribution in [0.2, 0.25) is 0 Å². The van der Waals surface area contributed by atoms with E-state index in [1.807, 2.05) is 0 Å². The predicted molar refractivity (Wildman–Crippen MR) is 119 cm³/mol. The van der Waals surface area contributed by atoms with Gasteiger partial charge in [-0.3, -0.25) is 0 Å². The first-order valence-corrected chi connectivity index (χ1v) is 11.8. The van der Waals surface area contributed by atoms with Gasteiger partial charge in [0.1, 0.15) is 47.5 Å². The smallest absolute Gasteiger partial charge is 0.243 e. The fourth-order valence-corrected chi connectivity index (χ4v) is 4.90. The number of hydrogen-bond donors (Lipinski definition) is 6. The van der Waals surface area contributed by atoms with E-state index >= 15 is 0 Å². The van der Waals surface area contributed by atoms with Crippen molar-refractivity contribution in [2.75, 3.05) is 26.7 Å². The number of hydrogen-bond acceptors (Lipinski definition) is 12. The molecule has 2 fully saturated rings. The molecule has 0 aromatic carbocycles. The van der Waals surface area contributed by atoms with Gasteiger partial charge in [0.05, 0.1) is 25.2 Å². The molecule has 1 saturated carbocycles. The molecule has 37 heavy (non-hydrogen) atoms. The maximum Gasteiger partial charge on any atom is 0.243 e. The van der Waals surface area contributed by atoms with Gasteiger partial charge in [-0.15, -0.1) is 28.2 Å². The summed E-state index contributed by atoms with van der Waals surface area (Å²) in [6, 6.07) is -4.05. The molecule has 3 aliphatic rings. The largest absolute Gasteiger partial charge is 0.462 e. The summed E-state index contributed by atoms with van der Waals surface area (Å²) in [5.41, 5.74) is 6.42. The quantitative estimate of drug-likeness (QED) is 0.150. The number of nitrogens with zero attached hydrogens (tertiary/aromatic N) is 2. The van der Waals surface area contributed by atoms with E-state index < -0.39 is 67.3 Å². The third-order valence-corrected chi connectivity index (χ3v) is 6.75. The van der Waals surface area contributed by atoms with E-state index in [-0.39, 0.29) is 36.1 Å². The first-order chi connectivity index (χ1) is 17.5. The van der Waals surface area contributed by atoms with Crippen LogP contribution in [0.3, 0.4) is 0 Å². The van der Waals surface area contributed by atoms with E-state index in [9.17, 15) is 33.2 Å². The first kappa shape index (κ1) is 29.9. The maximum absolute atomic E-state index is 14.9. The average molecular weight is 546 g/mol. The molecule has 3 rings (SSSR count). The number of nitrogens with one attached hydrogen (secondary N) is 2. The summed E-state index contributed by atoms with van der Waals surface area (Å²) in [6.45, 7) is 2.05. The number of ether oxygens (including phenoxy) is 4. The molecule has 0 amide bonds. The molecule has 0 bridgehead atoms. The number of halogens is 4. The van der Waals surface area contributed by atoms with Gasteiger partial charge in [-0.25, -0.2) is 5.54 Å². The van der Waals surface area contributed by atoms with Crippen LogP contribution < -0.4 is 16.8 Å². The normalized spacial score (nSPS) is 40.8. The second kappa shape index (κ2) is 12.5. The van der Waals surface area contributed by atoms with Crippen LogP contribution >= 0.6 is 0 Å². The lowest BCUT2D eigenvalue weighted by molar-refractivity contribution is -0.329. The minimum absolute atomic E-state index is 0.0556. The van der Waals surface area contributed by atoms with Gasteiger partial charge in [-0.05, 0) is 32.4 Å². The van der Waals surface area contributed by atoms with Crippen molar-refractivity contribution < 1.29 is 52.2 Å². The summed E-state index contributed by atoms with van der Waals surface area (Å²) >= 11 is 0. The van der Waals surface area contributed by atoms with Gasteiger partial charge in [-0.1, -0.05) is 0 Å². The van der Waals surface area contributed by atoms with Crippen molar-refractivity contribution in [1.29, 1.82) is 0 Å². The predicted octanol–water partition coefficient (Wildman–Crippen LogP) is -0.851. The van der Waals surface area contributed by atoms with Crippen LogP contribution in [0, 0.1) is 0 Å². The van der Waals surface area contributed by atoms with Crippen molar-refractivity contribution in [1.82, 2.24) is 21.3 Å². The van der Waals surface area contributed by atoms with Gasteiger partial charge in [0, 0.05) is 13.6 Å². The van der Waals surface area contributed by atoms with Crippen LogP contribution in [-0.4, -0.2) is 113 Å². The molecule has 0 aromatic heterocycles. The van der Waals surface area contributed by atoms with Gasteiger partial charge in [0.2, 0.25) is 6.29 Å². The van der Waals surface area contributed by atoms with Crippen LogP contribution in [-0.2, 0) is 18.9 Å². The number of likely N-dealkylation sites (N-methyl/N-ethyl adjacent to an activating group) is 2. The highest BCUT2D eigenvalue weighted by Gasteiger charge is 2.54. The first-order valence-electron chi connectivity index (χ1n) is 11.8. The van der Waals surface area contributed by atoms with Crippen molar-refractivity contribution in [2.24, 2.45) is 5.73 Å². The van der Waals surface area contributed by atoms with Crippen molar-refractivity contribution in [3.63, 3.8) is 0 Å². The van der Waals surface area contributed by atoms with E-state index in [0.717, 1.165) is 7.05 Å². The summed E-state index contributed by atoms with van der Waals surface area (Å²) in [6.07, 6.45) is -7.25. The Labute approximate surface area is 211 Å². The van der Waals surface area contributed by atoms with Gasteiger partial charge >= 0.3 is 0 Å². The van der Waals surface area contributed by atoms with E-state index in [4.69, 9.17) is 24.7 Å². The van der Waals surface area contributed by atoms with Crippen LogP contribution in [0.15, 0.2) is 23.6 Å². The van der Waals surface area contributed by atoms with E-state index in [0.29, 0.717) is 5.12 Å². The minimum atomic E-state index is -1.80. The SMILES string of the molecule is CCN(F)C1CC(NF)C(OC2OC(CN)=CC=C2NF)C(O)C1OC1OCC(C)(O)C(N(C)F)C1O. The molecule has 10 atom stereocenters. The zero-order valence-electron chi connectivity index (χ0n) is 20.6. The molecule has 1 saturated heterocycles. The zero-order chi connectivity index (χ0) is 27.5. The van der Waals surface area contributed by atoms with Crippen LogP contribution in [0.5, 0.6) is 0 Å². The third-order valence-electron chi connectivity index (χ3n) is 6.75. The molecule has 1 aliphatic carbocycles. The second-order valence-corrected chi connectivity index (χ2v) is 9.43. The lowest BCUT2D eigenvalue weighted by Crippen LogP contribution is -2.68. The summed E-state index contributed by atoms with van der Waals surface area (Å²) in [7, 11) is 0.989. The highest BCUT2D eigenvalue weighted by atomic mass is 19.2. The molecule has 0 radical (unpaired) electrons. The molecular formula is C21H35F4N5O7. The number of nitrogens with two attached hydrogens (primary N) is 1. The van der Waals surface area contributed by atoms with Gasteiger partial charge < -0.3 is 40.0 Å². The molecule has 214 valence electrons. The summed E-state index contributed by atoms with van der Waals surface area (Å²) in [4.78, 5) is 0.